The van der Waals surface area contributed by atoms with Crippen LogP contribution in [0.1, 0.15) is 271 Å². The molecule has 289 valence electrons. The average Bonchev–Trinajstić information content (AvgIpc) is 3.07. The maximum absolute atomic E-state index is 10.3. The van der Waals surface area contributed by atoms with Crippen LogP contribution in [0.4, 0.5) is 0 Å². The monoisotopic (exact) mass is 706 g/mol. The van der Waals surface area contributed by atoms with E-state index in [9.17, 15) is 19.8 Å². The first kappa shape index (κ1) is 52.8. The molecule has 5 heteroatoms. The van der Waals surface area contributed by atoms with E-state index in [1.807, 2.05) is 0 Å². The molecule has 0 bridgehead atoms. The zero-order valence-corrected chi connectivity index (χ0v) is 34.6. The fraction of sp³-hybridized carbons (Fsp3) is 0.955. The van der Waals surface area contributed by atoms with Crippen LogP contribution in [0, 0.1) is 0 Å². The number of aliphatic carboxylic acids is 2. The molecule has 0 fully saturated rings. The average molecular weight is 706 g/mol. The van der Waals surface area contributed by atoms with Crippen molar-refractivity contribution in [3.8, 4) is 0 Å². The molecule has 1 radical (unpaired) electrons. The molecular weight excluding hydrogens is 619 g/mol. The Balaban J connectivity index is -0.000000846. The van der Waals surface area contributed by atoms with Crippen LogP contribution in [0.15, 0.2) is 0 Å². The Bertz CT molecular complexity index is 560. The summed E-state index contributed by atoms with van der Waals surface area (Å²) in [4.78, 5) is 20.5. The van der Waals surface area contributed by atoms with Crippen molar-refractivity contribution in [2.45, 2.75) is 271 Å². The number of carbonyl (C=O) groups is 2. The zero-order chi connectivity index (χ0) is 35.4. The maximum Gasteiger partial charge on any atom is 2.00 e. The molecule has 0 rings (SSSR count). The van der Waals surface area contributed by atoms with Gasteiger partial charge < -0.3 is 19.8 Å². The SMILES string of the molecule is CCCCCCCCCCCCCCCCCCCCCC(=O)[O-].CCCCCCCCCCCCCCCCCCCCCC(=O)[O-].[Al+2]. The van der Waals surface area contributed by atoms with Gasteiger partial charge in [0.2, 0.25) is 0 Å². The van der Waals surface area contributed by atoms with Crippen molar-refractivity contribution in [3.05, 3.63) is 0 Å². The Labute approximate surface area is 318 Å². The standard InChI is InChI=1S/2C22H44O2.Al/c2*1-2-3-4-5-6-7-8-9-10-11-12-13-14-15-16-17-18-19-20-21-22(23)24;/h2*2-21H2,1H3,(H,23,24);/q;;+2/p-2. The first-order valence-corrected chi connectivity index (χ1v) is 21.9. The van der Waals surface area contributed by atoms with Crippen LogP contribution in [-0.4, -0.2) is 29.3 Å². The molecule has 0 saturated carbocycles. The van der Waals surface area contributed by atoms with E-state index in [0.717, 1.165) is 25.7 Å². The molecule has 0 amide bonds. The number of carbonyl (C=O) groups excluding carboxylic acids is 2. The second-order valence-electron chi connectivity index (χ2n) is 15.0. The Morgan fingerprint density at radius 2 is 0.388 bits per heavy atom. The van der Waals surface area contributed by atoms with Gasteiger partial charge in [-0.2, -0.15) is 0 Å². The Hall–Kier alpha value is -0.528. The largest absolute Gasteiger partial charge is 2.00 e. The third kappa shape index (κ3) is 57.1. The summed E-state index contributed by atoms with van der Waals surface area (Å²) in [6, 6.07) is 0. The molecule has 49 heavy (non-hydrogen) atoms. The number of rotatable bonds is 40. The van der Waals surface area contributed by atoms with E-state index in [1.165, 1.54) is 218 Å². The molecule has 0 heterocycles. The number of hydrogen-bond acceptors (Lipinski definition) is 4. The fourth-order valence-corrected chi connectivity index (χ4v) is 6.70. The summed E-state index contributed by atoms with van der Waals surface area (Å²) in [6.07, 6.45) is 51.5. The van der Waals surface area contributed by atoms with Gasteiger partial charge in [-0.15, -0.1) is 0 Å². The van der Waals surface area contributed by atoms with Gasteiger partial charge in [-0.1, -0.05) is 245 Å². The quantitative estimate of drug-likeness (QED) is 0.0469. The van der Waals surface area contributed by atoms with E-state index < -0.39 is 11.9 Å². The molecule has 0 spiro atoms. The number of unbranched alkanes of at least 4 members (excludes halogenated alkanes) is 36. The van der Waals surface area contributed by atoms with Crippen molar-refractivity contribution in [1.29, 1.82) is 0 Å². The van der Waals surface area contributed by atoms with E-state index >= 15 is 0 Å². The molecule has 4 nitrogen and oxygen atoms in total. The van der Waals surface area contributed by atoms with Gasteiger partial charge in [0.1, 0.15) is 0 Å². The maximum atomic E-state index is 10.3. The normalized spacial score (nSPS) is 10.8. The van der Waals surface area contributed by atoms with E-state index in [-0.39, 0.29) is 30.2 Å². The van der Waals surface area contributed by atoms with Crippen LogP contribution in [0.25, 0.3) is 0 Å². The predicted octanol–water partition coefficient (Wildman–Crippen LogP) is 12.7. The minimum atomic E-state index is -0.901. The third-order valence-electron chi connectivity index (χ3n) is 9.97. The fourth-order valence-electron chi connectivity index (χ4n) is 6.70. The van der Waals surface area contributed by atoms with Crippen molar-refractivity contribution in [3.63, 3.8) is 0 Å². The summed E-state index contributed by atoms with van der Waals surface area (Å²) in [6.45, 7) is 4.56. The molecule has 0 aromatic heterocycles. The van der Waals surface area contributed by atoms with Gasteiger partial charge in [0.25, 0.3) is 0 Å². The molecule has 0 aliphatic rings. The molecule has 0 atom stereocenters. The first-order chi connectivity index (χ1) is 23.5. The summed E-state index contributed by atoms with van der Waals surface area (Å²) in [7, 11) is 0. The topological polar surface area (TPSA) is 80.3 Å². The van der Waals surface area contributed by atoms with Crippen LogP contribution in [0.5, 0.6) is 0 Å². The van der Waals surface area contributed by atoms with Gasteiger partial charge >= 0.3 is 17.4 Å². The molecule has 0 aromatic rings. The van der Waals surface area contributed by atoms with E-state index in [1.54, 1.807) is 0 Å². The van der Waals surface area contributed by atoms with E-state index in [0.29, 0.717) is 0 Å². The van der Waals surface area contributed by atoms with Crippen molar-refractivity contribution in [1.82, 2.24) is 0 Å². The van der Waals surface area contributed by atoms with Crippen LogP contribution in [-0.2, 0) is 9.59 Å². The molecule has 0 unspecified atom stereocenters. The van der Waals surface area contributed by atoms with Gasteiger partial charge in [0, 0.05) is 11.9 Å². The third-order valence-corrected chi connectivity index (χ3v) is 9.97. The predicted molar refractivity (Wildman–Crippen MR) is 212 cm³/mol. The summed E-state index contributed by atoms with van der Waals surface area (Å²) >= 11 is 0. The van der Waals surface area contributed by atoms with E-state index in [4.69, 9.17) is 0 Å². The van der Waals surface area contributed by atoms with Gasteiger partial charge in [0.05, 0.1) is 0 Å². The van der Waals surface area contributed by atoms with Crippen LogP contribution >= 0.6 is 0 Å². The molecule has 0 aliphatic heterocycles. The molecule has 0 N–H and O–H groups in total. The molecular formula is C44H86AlO4. The van der Waals surface area contributed by atoms with E-state index in [2.05, 4.69) is 13.8 Å². The summed E-state index contributed by atoms with van der Waals surface area (Å²) in [5, 5.41) is 20.5. The van der Waals surface area contributed by atoms with Crippen molar-refractivity contribution in [2.24, 2.45) is 0 Å². The van der Waals surface area contributed by atoms with Gasteiger partial charge in [-0.3, -0.25) is 0 Å². The summed E-state index contributed by atoms with van der Waals surface area (Å²) < 4.78 is 0. The van der Waals surface area contributed by atoms with Gasteiger partial charge in [0.15, 0.2) is 0 Å². The number of hydrogen-bond donors (Lipinski definition) is 0. The van der Waals surface area contributed by atoms with Gasteiger partial charge in [-0.25, -0.2) is 0 Å². The van der Waals surface area contributed by atoms with Crippen molar-refractivity contribution in [2.75, 3.05) is 0 Å². The second kappa shape index (κ2) is 49.6. The minimum absolute atomic E-state index is 0. The number of carboxylic acid groups (broad SMARTS) is 2. The smallest absolute Gasteiger partial charge is 0.550 e. The summed E-state index contributed by atoms with van der Waals surface area (Å²) in [5.74, 6) is -1.80. The summed E-state index contributed by atoms with van der Waals surface area (Å²) in [5.41, 5.74) is 0. The Morgan fingerprint density at radius 1 is 0.265 bits per heavy atom. The van der Waals surface area contributed by atoms with Crippen LogP contribution < -0.4 is 10.2 Å². The second-order valence-corrected chi connectivity index (χ2v) is 15.0. The van der Waals surface area contributed by atoms with Gasteiger partial charge in [-0.05, 0) is 25.7 Å². The molecule has 0 aromatic carbocycles. The Morgan fingerprint density at radius 3 is 0.510 bits per heavy atom. The van der Waals surface area contributed by atoms with Crippen LogP contribution in [0.3, 0.4) is 0 Å². The first-order valence-electron chi connectivity index (χ1n) is 21.9. The zero-order valence-electron chi connectivity index (χ0n) is 33.5. The Kier molecular flexibility index (Phi) is 53.5. The van der Waals surface area contributed by atoms with Crippen LogP contribution in [0.2, 0.25) is 0 Å². The number of carboxylic acids is 2. The minimum Gasteiger partial charge on any atom is -0.550 e. The van der Waals surface area contributed by atoms with Crippen molar-refractivity contribution < 1.29 is 19.8 Å². The van der Waals surface area contributed by atoms with Crippen molar-refractivity contribution >= 4 is 29.3 Å². The molecule has 0 aliphatic carbocycles. The molecule has 0 saturated heterocycles.